The number of rotatable bonds is 6. The van der Waals surface area contributed by atoms with Crippen LogP contribution in [0.3, 0.4) is 0 Å². The maximum Gasteiger partial charge on any atom is 0.320 e. The van der Waals surface area contributed by atoms with Gasteiger partial charge in [-0.3, -0.25) is 4.98 Å². The molecule has 10 nitrogen and oxygen atoms in total. The maximum atomic E-state index is 13.7. The van der Waals surface area contributed by atoms with Crippen LogP contribution in [0.4, 0.5) is 4.39 Å². The first-order valence-electron chi connectivity index (χ1n) is 12.0. The van der Waals surface area contributed by atoms with E-state index in [4.69, 9.17) is 14.2 Å². The van der Waals surface area contributed by atoms with Gasteiger partial charge in [0, 0.05) is 13.2 Å². The van der Waals surface area contributed by atoms with E-state index in [1.54, 1.807) is 37.0 Å². The summed E-state index contributed by atoms with van der Waals surface area (Å²) < 4.78 is 33.4. The lowest BCUT2D eigenvalue weighted by molar-refractivity contribution is 0.103. The van der Waals surface area contributed by atoms with Crippen LogP contribution in [0.15, 0.2) is 24.4 Å². The Balaban J connectivity index is 1.75. The van der Waals surface area contributed by atoms with Crippen molar-refractivity contribution in [2.75, 3.05) is 0 Å². The summed E-state index contributed by atoms with van der Waals surface area (Å²) in [5.41, 5.74) is 1.44. The highest BCUT2D eigenvalue weighted by atomic mass is 19.1. The van der Waals surface area contributed by atoms with Gasteiger partial charge in [-0.2, -0.15) is 4.98 Å². The van der Waals surface area contributed by atoms with E-state index in [0.717, 1.165) is 0 Å². The zero-order chi connectivity index (χ0) is 27.1. The van der Waals surface area contributed by atoms with E-state index < -0.39 is 17.3 Å². The van der Waals surface area contributed by atoms with Crippen molar-refractivity contribution in [3.05, 3.63) is 41.6 Å². The number of ether oxygens (including phenoxy) is 3. The van der Waals surface area contributed by atoms with Crippen molar-refractivity contribution in [2.24, 2.45) is 7.05 Å². The van der Waals surface area contributed by atoms with Gasteiger partial charge in [-0.15, -0.1) is 15.3 Å². The number of hydrogen-bond acceptors (Lipinski definition) is 9. The van der Waals surface area contributed by atoms with Crippen LogP contribution in [0.2, 0.25) is 0 Å². The van der Waals surface area contributed by atoms with Crippen LogP contribution in [0.25, 0.3) is 22.3 Å². The van der Waals surface area contributed by atoms with Crippen molar-refractivity contribution in [3.8, 4) is 29.0 Å². The Morgan fingerprint density at radius 3 is 2.30 bits per heavy atom. The van der Waals surface area contributed by atoms with E-state index in [9.17, 15) is 4.39 Å². The van der Waals surface area contributed by atoms with Crippen LogP contribution in [-0.2, 0) is 7.05 Å². The van der Waals surface area contributed by atoms with Gasteiger partial charge in [0.2, 0.25) is 11.8 Å². The van der Waals surface area contributed by atoms with Gasteiger partial charge < -0.3 is 14.2 Å². The molecule has 37 heavy (non-hydrogen) atoms. The number of hydrogen-bond donors (Lipinski definition) is 0. The molecule has 0 unspecified atom stereocenters. The fourth-order valence-corrected chi connectivity index (χ4v) is 3.47. The molecule has 11 heteroatoms. The largest absolute Gasteiger partial charge is 0.471 e. The summed E-state index contributed by atoms with van der Waals surface area (Å²) in [6, 6.07) is 4.98. The summed E-state index contributed by atoms with van der Waals surface area (Å²) in [5, 5.41) is 13.9. The predicted molar refractivity (Wildman–Crippen MR) is 136 cm³/mol. The molecule has 0 radical (unpaired) electrons. The molecule has 4 heterocycles. The van der Waals surface area contributed by atoms with Gasteiger partial charge in [0.25, 0.3) is 0 Å². The molecule has 0 aromatic carbocycles. The quantitative estimate of drug-likeness (QED) is 0.348. The molecule has 1 atom stereocenters. The molecule has 0 spiro atoms. The highest BCUT2D eigenvalue weighted by Crippen LogP contribution is 2.34. The minimum atomic E-state index is -0.530. The van der Waals surface area contributed by atoms with Crippen LogP contribution in [0.1, 0.15) is 66.0 Å². The SMILES string of the molecule is Cc1nc([C@H](C)Oc2nn(C)c3nnc(-c4cnc(OC(C)(C)C)nc4OC(C)(C)C)cc23)ccc1F. The molecule has 4 rings (SSSR count). The maximum absolute atomic E-state index is 13.7. The smallest absolute Gasteiger partial charge is 0.320 e. The number of fused-ring (bicyclic) bond motifs is 1. The Morgan fingerprint density at radius 1 is 0.946 bits per heavy atom. The van der Waals surface area contributed by atoms with E-state index in [2.05, 4.69) is 30.2 Å². The summed E-state index contributed by atoms with van der Waals surface area (Å²) in [4.78, 5) is 13.2. The fourth-order valence-electron chi connectivity index (χ4n) is 3.47. The second-order valence-corrected chi connectivity index (χ2v) is 10.8. The van der Waals surface area contributed by atoms with Gasteiger partial charge >= 0.3 is 6.01 Å². The minimum Gasteiger partial charge on any atom is -0.471 e. The molecule has 4 aromatic heterocycles. The molecule has 0 aliphatic heterocycles. The molecule has 0 fully saturated rings. The third-order valence-corrected chi connectivity index (χ3v) is 5.11. The minimum absolute atomic E-state index is 0.200. The molecular weight excluding hydrogens is 477 g/mol. The first-order valence-corrected chi connectivity index (χ1v) is 12.0. The predicted octanol–water partition coefficient (Wildman–Crippen LogP) is 5.16. The Labute approximate surface area is 215 Å². The van der Waals surface area contributed by atoms with Gasteiger partial charge in [-0.25, -0.2) is 14.1 Å². The van der Waals surface area contributed by atoms with Crippen LogP contribution >= 0.6 is 0 Å². The van der Waals surface area contributed by atoms with E-state index in [-0.39, 0.29) is 11.8 Å². The Morgan fingerprint density at radius 2 is 1.65 bits per heavy atom. The van der Waals surface area contributed by atoms with Crippen LogP contribution in [0.5, 0.6) is 17.8 Å². The van der Waals surface area contributed by atoms with Gasteiger partial charge in [0.1, 0.15) is 28.8 Å². The lowest BCUT2D eigenvalue weighted by atomic mass is 10.1. The van der Waals surface area contributed by atoms with Crippen LogP contribution in [-0.4, -0.2) is 46.1 Å². The van der Waals surface area contributed by atoms with E-state index >= 15 is 0 Å². The van der Waals surface area contributed by atoms with Gasteiger partial charge in [0.05, 0.1) is 22.3 Å². The van der Waals surface area contributed by atoms with Crippen LogP contribution < -0.4 is 14.2 Å². The third-order valence-electron chi connectivity index (χ3n) is 5.11. The molecule has 0 aliphatic rings. The lowest BCUT2D eigenvalue weighted by Crippen LogP contribution is -2.26. The number of halogens is 1. The first kappa shape index (κ1) is 26.2. The van der Waals surface area contributed by atoms with E-state index in [1.807, 2.05) is 48.5 Å². The molecule has 196 valence electrons. The first-order chi connectivity index (χ1) is 17.2. The fraction of sp³-hybridized carbons (Fsp3) is 0.462. The average Bonchev–Trinajstić information content (AvgIpc) is 3.08. The molecule has 0 bridgehead atoms. The van der Waals surface area contributed by atoms with E-state index in [0.29, 0.717) is 45.4 Å². The lowest BCUT2D eigenvalue weighted by Gasteiger charge is -2.24. The molecule has 0 N–H and O–H groups in total. The number of aryl methyl sites for hydroxylation is 2. The van der Waals surface area contributed by atoms with Crippen molar-refractivity contribution in [1.82, 2.24) is 34.9 Å². The normalized spacial score (nSPS) is 13.0. The average molecular weight is 510 g/mol. The Kier molecular flexibility index (Phi) is 6.74. The van der Waals surface area contributed by atoms with Gasteiger partial charge in [-0.05, 0) is 73.6 Å². The van der Waals surface area contributed by atoms with Gasteiger partial charge in [0.15, 0.2) is 5.65 Å². The number of aromatic nitrogens is 7. The van der Waals surface area contributed by atoms with Crippen molar-refractivity contribution < 1.29 is 18.6 Å². The molecule has 4 aromatic rings. The number of nitrogens with zero attached hydrogens (tertiary/aromatic N) is 7. The van der Waals surface area contributed by atoms with Crippen molar-refractivity contribution >= 4 is 11.0 Å². The highest BCUT2D eigenvalue weighted by Gasteiger charge is 2.24. The Bertz CT molecular complexity index is 1440. The third kappa shape index (κ3) is 6.10. The van der Waals surface area contributed by atoms with Crippen molar-refractivity contribution in [1.29, 1.82) is 0 Å². The van der Waals surface area contributed by atoms with Crippen molar-refractivity contribution in [2.45, 2.75) is 72.7 Å². The molecular formula is C26H32FN7O3. The highest BCUT2D eigenvalue weighted by molar-refractivity contribution is 5.85. The van der Waals surface area contributed by atoms with Crippen molar-refractivity contribution in [3.63, 3.8) is 0 Å². The zero-order valence-electron chi connectivity index (χ0n) is 22.6. The van der Waals surface area contributed by atoms with Crippen LogP contribution in [0, 0.1) is 12.7 Å². The summed E-state index contributed by atoms with van der Waals surface area (Å²) in [5.74, 6) is 0.298. The standard InChI is InChI=1S/C26H32FN7O3/c1-14-18(27)10-11-19(29-14)15(2)35-23-16-12-20(31-32-21(16)34(9)33-23)17-13-28-24(37-26(6,7)8)30-22(17)36-25(3,4)5/h10-13,15H,1-9H3/t15-/m0/s1. The molecule has 0 amide bonds. The number of pyridine rings is 1. The topological polar surface area (TPSA) is 110 Å². The molecule has 0 saturated carbocycles. The summed E-state index contributed by atoms with van der Waals surface area (Å²) >= 11 is 0. The second kappa shape index (κ2) is 9.53. The summed E-state index contributed by atoms with van der Waals surface area (Å²) in [7, 11) is 1.75. The Hall–Kier alpha value is -3.89. The zero-order valence-corrected chi connectivity index (χ0v) is 22.6. The van der Waals surface area contributed by atoms with E-state index in [1.165, 1.54) is 6.07 Å². The molecule has 0 aliphatic carbocycles. The summed E-state index contributed by atoms with van der Waals surface area (Å²) in [6.45, 7) is 15.0. The second-order valence-electron chi connectivity index (χ2n) is 10.8. The monoisotopic (exact) mass is 509 g/mol. The summed E-state index contributed by atoms with van der Waals surface area (Å²) in [6.07, 6.45) is 1.13. The molecule has 0 saturated heterocycles. The van der Waals surface area contributed by atoms with Gasteiger partial charge in [-0.1, -0.05) is 0 Å².